The van der Waals surface area contributed by atoms with E-state index in [2.05, 4.69) is 0 Å². The van der Waals surface area contributed by atoms with E-state index in [1.165, 1.54) is 19.3 Å². The molecule has 2 aliphatic rings. The molecule has 2 unspecified atom stereocenters. The van der Waals surface area contributed by atoms with Crippen LogP contribution in [0.3, 0.4) is 0 Å². The molecule has 0 spiro atoms. The molecule has 2 fully saturated rings. The number of hydrogen-bond donors (Lipinski definition) is 0. The average Bonchev–Trinajstić information content (AvgIpc) is 2.93. The predicted molar refractivity (Wildman–Crippen MR) is 74.2 cm³/mol. The van der Waals surface area contributed by atoms with Crippen LogP contribution in [0.5, 0.6) is 0 Å². The normalized spacial score (nSPS) is 34.8. The molecule has 0 heterocycles. The van der Waals surface area contributed by atoms with Crippen molar-refractivity contribution in [2.45, 2.75) is 25.7 Å². The Balaban J connectivity index is 1.86. The van der Waals surface area contributed by atoms with Crippen LogP contribution in [-0.2, 0) is 6.42 Å². The summed E-state index contributed by atoms with van der Waals surface area (Å²) in [6, 6.07) is 5.73. The van der Waals surface area contributed by atoms with Crippen molar-refractivity contribution in [2.75, 3.05) is 5.88 Å². The zero-order valence-electron chi connectivity index (χ0n) is 9.56. The Morgan fingerprint density at radius 1 is 1.12 bits per heavy atom. The van der Waals surface area contributed by atoms with Crippen LogP contribution >= 0.6 is 34.8 Å². The molecule has 0 N–H and O–H groups in total. The van der Waals surface area contributed by atoms with Gasteiger partial charge in [-0.1, -0.05) is 29.3 Å². The molecule has 0 amide bonds. The lowest BCUT2D eigenvalue weighted by atomic mass is 9.79. The zero-order chi connectivity index (χ0) is 12.0. The third kappa shape index (κ3) is 2.20. The largest absolute Gasteiger partial charge is 0.126 e. The lowest BCUT2D eigenvalue weighted by Gasteiger charge is -2.29. The highest BCUT2D eigenvalue weighted by Gasteiger charge is 2.53. The SMILES string of the molecule is ClCC1(Cc2c(Cl)cccc2Cl)CC2CC2C1. The van der Waals surface area contributed by atoms with Crippen molar-refractivity contribution >= 4 is 34.8 Å². The fourth-order valence-corrected chi connectivity index (χ4v) is 4.23. The van der Waals surface area contributed by atoms with Crippen molar-refractivity contribution in [3.8, 4) is 0 Å². The molecule has 2 atom stereocenters. The monoisotopic (exact) mass is 288 g/mol. The maximum Gasteiger partial charge on any atom is 0.0453 e. The summed E-state index contributed by atoms with van der Waals surface area (Å²) >= 11 is 18.7. The quantitative estimate of drug-likeness (QED) is 0.672. The first-order chi connectivity index (χ1) is 8.13. The molecule has 0 aliphatic heterocycles. The lowest BCUT2D eigenvalue weighted by molar-refractivity contribution is 0.303. The molecule has 0 saturated heterocycles. The topological polar surface area (TPSA) is 0 Å². The van der Waals surface area contributed by atoms with Gasteiger partial charge in [-0.25, -0.2) is 0 Å². The van der Waals surface area contributed by atoms with E-state index in [1.807, 2.05) is 18.2 Å². The number of alkyl halides is 1. The molecule has 3 rings (SSSR count). The smallest absolute Gasteiger partial charge is 0.0453 e. The first-order valence-electron chi connectivity index (χ1n) is 6.12. The Kier molecular flexibility index (Phi) is 3.09. The van der Waals surface area contributed by atoms with E-state index in [4.69, 9.17) is 34.8 Å². The van der Waals surface area contributed by atoms with Gasteiger partial charge in [0.1, 0.15) is 0 Å². The van der Waals surface area contributed by atoms with Gasteiger partial charge in [0, 0.05) is 15.9 Å². The van der Waals surface area contributed by atoms with Gasteiger partial charge >= 0.3 is 0 Å². The van der Waals surface area contributed by atoms with Crippen LogP contribution in [0.2, 0.25) is 10.0 Å². The van der Waals surface area contributed by atoms with Crippen LogP contribution in [0.1, 0.15) is 24.8 Å². The molecular formula is C14H15Cl3. The minimum Gasteiger partial charge on any atom is -0.126 e. The standard InChI is InChI=1S/C14H15Cl3/c15-8-14(5-9-4-10(9)6-14)7-11-12(16)2-1-3-13(11)17/h1-3,9-10H,4-8H2. The number of benzene rings is 1. The van der Waals surface area contributed by atoms with E-state index >= 15 is 0 Å². The molecule has 3 heteroatoms. The Labute approximate surface area is 117 Å². The highest BCUT2D eigenvalue weighted by Crippen LogP contribution is 2.61. The highest BCUT2D eigenvalue weighted by molar-refractivity contribution is 6.36. The summed E-state index contributed by atoms with van der Waals surface area (Å²) < 4.78 is 0. The van der Waals surface area contributed by atoms with Gasteiger partial charge in [0.25, 0.3) is 0 Å². The molecule has 0 bridgehead atoms. The fraction of sp³-hybridized carbons (Fsp3) is 0.571. The summed E-state index contributed by atoms with van der Waals surface area (Å²) in [5.41, 5.74) is 1.32. The van der Waals surface area contributed by atoms with Gasteiger partial charge < -0.3 is 0 Å². The molecule has 0 aromatic heterocycles. The second-order valence-electron chi connectivity index (χ2n) is 5.67. The van der Waals surface area contributed by atoms with Crippen molar-refractivity contribution in [1.29, 1.82) is 0 Å². The van der Waals surface area contributed by atoms with Crippen LogP contribution in [0.4, 0.5) is 0 Å². The third-order valence-corrected chi connectivity index (χ3v) is 5.63. The van der Waals surface area contributed by atoms with Crippen molar-refractivity contribution in [1.82, 2.24) is 0 Å². The maximum atomic E-state index is 6.25. The first kappa shape index (κ1) is 12.1. The molecule has 1 aromatic rings. The Morgan fingerprint density at radius 3 is 2.24 bits per heavy atom. The number of hydrogen-bond acceptors (Lipinski definition) is 0. The lowest BCUT2D eigenvalue weighted by Crippen LogP contribution is -2.24. The zero-order valence-corrected chi connectivity index (χ0v) is 11.8. The summed E-state index contributed by atoms with van der Waals surface area (Å²) in [6.07, 6.45) is 4.85. The fourth-order valence-electron chi connectivity index (χ4n) is 3.38. The van der Waals surface area contributed by atoms with E-state index in [0.29, 0.717) is 0 Å². The third-order valence-electron chi connectivity index (χ3n) is 4.36. The van der Waals surface area contributed by atoms with Gasteiger partial charge in [0.05, 0.1) is 0 Å². The van der Waals surface area contributed by atoms with Crippen LogP contribution in [0.15, 0.2) is 18.2 Å². The van der Waals surface area contributed by atoms with Crippen LogP contribution in [0, 0.1) is 17.3 Å². The van der Waals surface area contributed by atoms with Crippen molar-refractivity contribution in [2.24, 2.45) is 17.3 Å². The average molecular weight is 290 g/mol. The molecule has 0 radical (unpaired) electrons. The van der Waals surface area contributed by atoms with Gasteiger partial charge in [-0.15, -0.1) is 11.6 Å². The number of rotatable bonds is 3. The molecule has 1 aromatic carbocycles. The van der Waals surface area contributed by atoms with Gasteiger partial charge in [-0.2, -0.15) is 0 Å². The number of halogens is 3. The van der Waals surface area contributed by atoms with E-state index in [9.17, 15) is 0 Å². The van der Waals surface area contributed by atoms with Crippen LogP contribution < -0.4 is 0 Å². The summed E-state index contributed by atoms with van der Waals surface area (Å²) in [6.45, 7) is 0. The molecule has 92 valence electrons. The number of fused-ring (bicyclic) bond motifs is 1. The van der Waals surface area contributed by atoms with E-state index < -0.39 is 0 Å². The Bertz CT molecular complexity index is 411. The second-order valence-corrected chi connectivity index (χ2v) is 6.76. The first-order valence-corrected chi connectivity index (χ1v) is 7.41. The van der Waals surface area contributed by atoms with Crippen LogP contribution in [-0.4, -0.2) is 5.88 Å². The van der Waals surface area contributed by atoms with Gasteiger partial charge in [-0.3, -0.25) is 0 Å². The van der Waals surface area contributed by atoms with E-state index in [0.717, 1.165) is 39.7 Å². The van der Waals surface area contributed by atoms with E-state index in [-0.39, 0.29) is 5.41 Å². The summed E-state index contributed by atoms with van der Waals surface area (Å²) in [4.78, 5) is 0. The Hall–Kier alpha value is 0.0900. The molecule has 17 heavy (non-hydrogen) atoms. The van der Waals surface area contributed by atoms with Gasteiger partial charge in [-0.05, 0) is 60.6 Å². The molecule has 0 nitrogen and oxygen atoms in total. The van der Waals surface area contributed by atoms with Crippen molar-refractivity contribution < 1.29 is 0 Å². The Morgan fingerprint density at radius 2 is 1.71 bits per heavy atom. The van der Waals surface area contributed by atoms with Crippen LogP contribution in [0.25, 0.3) is 0 Å². The van der Waals surface area contributed by atoms with Crippen molar-refractivity contribution in [3.05, 3.63) is 33.8 Å². The minimum absolute atomic E-state index is 0.240. The second kappa shape index (κ2) is 4.33. The molecular weight excluding hydrogens is 275 g/mol. The van der Waals surface area contributed by atoms with E-state index in [1.54, 1.807) is 0 Å². The summed E-state index contributed by atoms with van der Waals surface area (Å²) in [5.74, 6) is 2.58. The summed E-state index contributed by atoms with van der Waals surface area (Å²) in [5, 5.41) is 1.56. The molecule has 2 aliphatic carbocycles. The van der Waals surface area contributed by atoms with Crippen molar-refractivity contribution in [3.63, 3.8) is 0 Å². The minimum atomic E-state index is 0.240. The maximum absolute atomic E-state index is 6.25. The van der Waals surface area contributed by atoms with Gasteiger partial charge in [0.2, 0.25) is 0 Å². The predicted octanol–water partition coefficient (Wildman–Crippen LogP) is 5.19. The molecule has 2 saturated carbocycles. The summed E-state index contributed by atoms with van der Waals surface area (Å²) in [7, 11) is 0. The van der Waals surface area contributed by atoms with Gasteiger partial charge in [0.15, 0.2) is 0 Å². The highest BCUT2D eigenvalue weighted by atomic mass is 35.5.